The highest BCUT2D eigenvalue weighted by molar-refractivity contribution is 7.13. The van der Waals surface area contributed by atoms with Gasteiger partial charge in [-0.25, -0.2) is 4.98 Å². The predicted molar refractivity (Wildman–Crippen MR) is 132 cm³/mol. The van der Waals surface area contributed by atoms with Crippen LogP contribution in [-0.2, 0) is 4.79 Å². The fraction of sp³-hybridized carbons (Fsp3) is 0.385. The summed E-state index contributed by atoms with van der Waals surface area (Å²) in [6.45, 7) is 8.16. The number of thiazole rings is 1. The largest absolute Gasteiger partial charge is 0.326 e. The molecule has 1 aliphatic rings. The monoisotopic (exact) mass is 435 g/mol. The molecule has 4 nitrogen and oxygen atoms in total. The van der Waals surface area contributed by atoms with Crippen molar-refractivity contribution in [3.63, 3.8) is 0 Å². The van der Waals surface area contributed by atoms with Crippen LogP contribution in [0, 0.1) is 12.8 Å². The number of nitrogens with zero attached hydrogens (tertiary/aromatic N) is 2. The fourth-order valence-corrected chi connectivity index (χ4v) is 4.37. The second-order valence-corrected chi connectivity index (χ2v) is 9.37. The lowest BCUT2D eigenvalue weighted by molar-refractivity contribution is -0.118. The Morgan fingerprint density at radius 1 is 1.10 bits per heavy atom. The molecular weight excluding hydrogens is 402 g/mol. The summed E-state index contributed by atoms with van der Waals surface area (Å²) in [5, 5.41) is 6.16. The van der Waals surface area contributed by atoms with E-state index in [-0.39, 0.29) is 11.8 Å². The zero-order chi connectivity index (χ0) is 22.2. The van der Waals surface area contributed by atoms with Gasteiger partial charge in [0.2, 0.25) is 5.91 Å². The van der Waals surface area contributed by atoms with Crippen LogP contribution >= 0.6 is 11.3 Å². The van der Waals surface area contributed by atoms with Crippen molar-refractivity contribution in [3.05, 3.63) is 71.2 Å². The van der Waals surface area contributed by atoms with E-state index in [9.17, 15) is 4.79 Å². The number of piperidine rings is 1. The second kappa shape index (κ2) is 11.2. The molecule has 1 fully saturated rings. The first-order chi connectivity index (χ1) is 14.9. The molecule has 0 unspecified atom stereocenters. The third-order valence-corrected chi connectivity index (χ3v) is 6.52. The van der Waals surface area contributed by atoms with Crippen molar-refractivity contribution in [3.8, 4) is 10.6 Å². The Morgan fingerprint density at radius 2 is 1.81 bits per heavy atom. The molecule has 0 saturated carbocycles. The first-order valence-corrected chi connectivity index (χ1v) is 11.9. The van der Waals surface area contributed by atoms with Gasteiger partial charge in [0, 0.05) is 28.2 Å². The van der Waals surface area contributed by atoms with Crippen LogP contribution in [0.3, 0.4) is 0 Å². The van der Waals surface area contributed by atoms with Crippen molar-refractivity contribution in [2.24, 2.45) is 5.92 Å². The number of carbonyl (C=O) groups is 1. The molecule has 0 spiro atoms. The van der Waals surface area contributed by atoms with Crippen LogP contribution in [0.5, 0.6) is 0 Å². The molecule has 4 rings (SSSR count). The maximum Gasteiger partial charge on any atom is 0.226 e. The molecule has 1 N–H and O–H groups in total. The summed E-state index contributed by atoms with van der Waals surface area (Å²) >= 11 is 1.69. The number of anilines is 1. The van der Waals surface area contributed by atoms with E-state index >= 15 is 0 Å². The molecule has 3 aromatic rings. The van der Waals surface area contributed by atoms with E-state index in [1.54, 1.807) is 11.3 Å². The molecular formula is C26H33N3OS. The average Bonchev–Trinajstić information content (AvgIpc) is 3.22. The zero-order valence-electron chi connectivity index (χ0n) is 19.0. The van der Waals surface area contributed by atoms with Crippen LogP contribution in [0.1, 0.15) is 43.9 Å². The van der Waals surface area contributed by atoms with E-state index in [2.05, 4.69) is 51.9 Å². The van der Waals surface area contributed by atoms with Gasteiger partial charge in [-0.3, -0.25) is 4.79 Å². The number of hydrogen-bond donors (Lipinski definition) is 1. The Kier molecular flexibility index (Phi) is 8.38. The number of nitrogens with one attached hydrogen (secondary N) is 1. The molecule has 2 heterocycles. The summed E-state index contributed by atoms with van der Waals surface area (Å²) in [4.78, 5) is 18.5. The smallest absolute Gasteiger partial charge is 0.226 e. The highest BCUT2D eigenvalue weighted by Gasteiger charge is 2.18. The molecule has 0 aliphatic carbocycles. The summed E-state index contributed by atoms with van der Waals surface area (Å²) in [5.74, 6) is 0.736. The van der Waals surface area contributed by atoms with Gasteiger partial charge in [0.25, 0.3) is 0 Å². The zero-order valence-corrected chi connectivity index (χ0v) is 19.8. The van der Waals surface area contributed by atoms with Crippen LogP contribution in [0.4, 0.5) is 5.69 Å². The van der Waals surface area contributed by atoms with Crippen LogP contribution in [0.15, 0.2) is 60.0 Å². The molecule has 5 heteroatoms. The molecule has 1 amide bonds. The van der Waals surface area contributed by atoms with Crippen LogP contribution in [0.25, 0.3) is 10.6 Å². The highest BCUT2D eigenvalue weighted by atomic mass is 32.1. The predicted octanol–water partition coefficient (Wildman–Crippen LogP) is 6.21. The number of aryl methyl sites for hydroxylation is 1. The van der Waals surface area contributed by atoms with Gasteiger partial charge < -0.3 is 10.2 Å². The molecule has 2 aromatic carbocycles. The average molecular weight is 436 g/mol. The van der Waals surface area contributed by atoms with E-state index in [0.717, 1.165) is 29.5 Å². The number of rotatable bonds is 4. The molecule has 0 radical (unpaired) electrons. The number of hydrogen-bond acceptors (Lipinski definition) is 4. The van der Waals surface area contributed by atoms with Gasteiger partial charge in [-0.15, -0.1) is 11.3 Å². The number of benzene rings is 2. The summed E-state index contributed by atoms with van der Waals surface area (Å²) in [6, 6.07) is 18.6. The number of likely N-dealkylation sites (tertiary alicyclic amines) is 1. The van der Waals surface area contributed by atoms with Crippen LogP contribution < -0.4 is 5.32 Å². The first-order valence-electron chi connectivity index (χ1n) is 11.0. The maximum atomic E-state index is 11.7. The van der Waals surface area contributed by atoms with E-state index < -0.39 is 0 Å². The SMILES string of the molecule is CC(C)C(=O)Nc1cccc(C2CCN(C)CC2)c1.Cc1csc(-c2ccccc2)n1. The summed E-state index contributed by atoms with van der Waals surface area (Å²) in [5.41, 5.74) is 4.58. The van der Waals surface area contributed by atoms with E-state index in [0.29, 0.717) is 5.92 Å². The Bertz CT molecular complexity index is 960. The number of amides is 1. The van der Waals surface area contributed by atoms with Crippen molar-refractivity contribution in [1.82, 2.24) is 9.88 Å². The normalized spacial score (nSPS) is 14.7. The maximum absolute atomic E-state index is 11.7. The summed E-state index contributed by atoms with van der Waals surface area (Å²) < 4.78 is 0. The third-order valence-electron chi connectivity index (χ3n) is 5.51. The molecule has 0 bridgehead atoms. The quantitative estimate of drug-likeness (QED) is 0.530. The van der Waals surface area contributed by atoms with Gasteiger partial charge in [-0.2, -0.15) is 0 Å². The fourth-order valence-electron chi connectivity index (χ4n) is 3.57. The van der Waals surface area contributed by atoms with E-state index in [1.165, 1.54) is 24.0 Å². The van der Waals surface area contributed by atoms with Crippen molar-refractivity contribution >= 4 is 22.9 Å². The minimum atomic E-state index is 0.0204. The first kappa shape index (κ1) is 23.2. The summed E-state index contributed by atoms with van der Waals surface area (Å²) in [7, 11) is 2.18. The van der Waals surface area contributed by atoms with Gasteiger partial charge in [-0.05, 0) is 63.5 Å². The molecule has 0 atom stereocenters. The Morgan fingerprint density at radius 3 is 2.42 bits per heavy atom. The lowest BCUT2D eigenvalue weighted by atomic mass is 9.89. The number of carbonyl (C=O) groups excluding carboxylic acids is 1. The lowest BCUT2D eigenvalue weighted by Crippen LogP contribution is -2.29. The molecule has 1 saturated heterocycles. The lowest BCUT2D eigenvalue weighted by Gasteiger charge is -2.29. The second-order valence-electron chi connectivity index (χ2n) is 8.51. The van der Waals surface area contributed by atoms with Gasteiger partial charge in [0.15, 0.2) is 0 Å². The number of aromatic nitrogens is 1. The standard InChI is InChI=1S/C16H24N2O.C10H9NS/c1-12(2)16(19)17-15-6-4-5-14(11-15)13-7-9-18(3)10-8-13;1-8-7-12-10(11-8)9-5-3-2-4-6-9/h4-6,11-13H,7-10H2,1-3H3,(H,17,19);2-7H,1H3. The minimum Gasteiger partial charge on any atom is -0.326 e. The minimum absolute atomic E-state index is 0.0204. The molecule has 1 aliphatic heterocycles. The Hall–Kier alpha value is -2.50. The van der Waals surface area contributed by atoms with Gasteiger partial charge in [-0.1, -0.05) is 56.3 Å². The van der Waals surface area contributed by atoms with Gasteiger partial charge in [0.05, 0.1) is 0 Å². The van der Waals surface area contributed by atoms with Crippen LogP contribution in [0.2, 0.25) is 0 Å². The van der Waals surface area contributed by atoms with Gasteiger partial charge >= 0.3 is 0 Å². The highest BCUT2D eigenvalue weighted by Crippen LogP contribution is 2.29. The van der Waals surface area contributed by atoms with Crippen molar-refractivity contribution in [2.45, 2.75) is 39.5 Å². The topological polar surface area (TPSA) is 45.2 Å². The van der Waals surface area contributed by atoms with Crippen molar-refractivity contribution in [1.29, 1.82) is 0 Å². The molecule has 1 aromatic heterocycles. The van der Waals surface area contributed by atoms with E-state index in [1.807, 2.05) is 51.1 Å². The molecule has 31 heavy (non-hydrogen) atoms. The van der Waals surface area contributed by atoms with Crippen molar-refractivity contribution < 1.29 is 4.79 Å². The Balaban J connectivity index is 0.000000194. The molecule has 164 valence electrons. The van der Waals surface area contributed by atoms with Gasteiger partial charge in [0.1, 0.15) is 5.01 Å². The van der Waals surface area contributed by atoms with Crippen molar-refractivity contribution in [2.75, 3.05) is 25.5 Å². The summed E-state index contributed by atoms with van der Waals surface area (Å²) in [6.07, 6.45) is 2.41. The third kappa shape index (κ3) is 7.01. The van der Waals surface area contributed by atoms with Crippen LogP contribution in [-0.4, -0.2) is 35.9 Å². The van der Waals surface area contributed by atoms with E-state index in [4.69, 9.17) is 0 Å². The Labute approximate surface area is 190 Å².